The molecule has 0 unspecified atom stereocenters. The van der Waals surface area contributed by atoms with Crippen molar-refractivity contribution in [1.29, 1.82) is 0 Å². The van der Waals surface area contributed by atoms with Crippen molar-refractivity contribution in [2.45, 2.75) is 25.7 Å². The van der Waals surface area contributed by atoms with Crippen LogP contribution in [0.4, 0.5) is 5.82 Å². The molecule has 20 heavy (non-hydrogen) atoms. The second kappa shape index (κ2) is 5.63. The number of aromatic nitrogens is 1. The van der Waals surface area contributed by atoms with E-state index in [1.165, 1.54) is 11.3 Å². The summed E-state index contributed by atoms with van der Waals surface area (Å²) in [4.78, 5) is 5.08. The SMILES string of the molecule is NC(=S)c1cc2c(nc1NCCc1ccco1)CCC2. The van der Waals surface area contributed by atoms with Crippen molar-refractivity contribution in [1.82, 2.24) is 4.98 Å². The van der Waals surface area contributed by atoms with Crippen LogP contribution in [-0.4, -0.2) is 16.5 Å². The number of nitrogens with zero attached hydrogens (tertiary/aromatic N) is 1. The lowest BCUT2D eigenvalue weighted by molar-refractivity contribution is 0.513. The Balaban J connectivity index is 1.75. The second-order valence-electron chi connectivity index (χ2n) is 4.96. The molecule has 0 atom stereocenters. The van der Waals surface area contributed by atoms with E-state index in [1.54, 1.807) is 6.26 Å². The van der Waals surface area contributed by atoms with Gasteiger partial charge in [0.05, 0.1) is 11.8 Å². The van der Waals surface area contributed by atoms with Gasteiger partial charge in [0, 0.05) is 18.7 Å². The number of rotatable bonds is 5. The van der Waals surface area contributed by atoms with Gasteiger partial charge >= 0.3 is 0 Å². The monoisotopic (exact) mass is 287 g/mol. The third-order valence-electron chi connectivity index (χ3n) is 3.56. The first-order valence-corrected chi connectivity index (χ1v) is 7.23. The van der Waals surface area contributed by atoms with Gasteiger partial charge < -0.3 is 15.5 Å². The van der Waals surface area contributed by atoms with Gasteiger partial charge in [0.25, 0.3) is 0 Å². The molecule has 0 amide bonds. The molecule has 0 saturated heterocycles. The standard InChI is InChI=1S/C15H17N3OS/c16-14(20)12-9-10-3-1-5-13(10)18-15(12)17-7-6-11-4-2-8-19-11/h2,4,8-9H,1,3,5-7H2,(H2,16,20)(H,17,18). The molecular formula is C15H17N3OS. The Morgan fingerprint density at radius 2 is 2.35 bits per heavy atom. The summed E-state index contributed by atoms with van der Waals surface area (Å²) < 4.78 is 5.31. The van der Waals surface area contributed by atoms with Crippen molar-refractivity contribution < 1.29 is 4.42 Å². The summed E-state index contributed by atoms with van der Waals surface area (Å²) in [5, 5.41) is 3.32. The number of aryl methyl sites for hydroxylation is 2. The van der Waals surface area contributed by atoms with Crippen molar-refractivity contribution in [3.63, 3.8) is 0 Å². The number of nitrogens with two attached hydrogens (primary N) is 1. The van der Waals surface area contributed by atoms with Crippen LogP contribution < -0.4 is 11.1 Å². The Hall–Kier alpha value is -1.88. The summed E-state index contributed by atoms with van der Waals surface area (Å²) in [5.41, 5.74) is 9.11. The molecule has 3 rings (SSSR count). The lowest BCUT2D eigenvalue weighted by Gasteiger charge is -2.12. The van der Waals surface area contributed by atoms with E-state index in [2.05, 4.69) is 16.4 Å². The van der Waals surface area contributed by atoms with Crippen LogP contribution in [-0.2, 0) is 19.3 Å². The van der Waals surface area contributed by atoms with Crippen LogP contribution in [0.5, 0.6) is 0 Å². The lowest BCUT2D eigenvalue weighted by Crippen LogP contribution is -2.17. The zero-order valence-corrected chi connectivity index (χ0v) is 12.0. The molecule has 0 aromatic carbocycles. The van der Waals surface area contributed by atoms with E-state index in [0.29, 0.717) is 4.99 Å². The predicted octanol–water partition coefficient (Wildman–Crippen LogP) is 2.45. The molecule has 0 fully saturated rings. The minimum Gasteiger partial charge on any atom is -0.469 e. The Morgan fingerprint density at radius 3 is 3.10 bits per heavy atom. The first-order valence-electron chi connectivity index (χ1n) is 6.83. The van der Waals surface area contributed by atoms with Crippen molar-refractivity contribution in [2.75, 3.05) is 11.9 Å². The Morgan fingerprint density at radius 1 is 1.45 bits per heavy atom. The van der Waals surface area contributed by atoms with Crippen LogP contribution in [0.3, 0.4) is 0 Å². The van der Waals surface area contributed by atoms with E-state index in [9.17, 15) is 0 Å². The average molecular weight is 287 g/mol. The third kappa shape index (κ3) is 2.67. The van der Waals surface area contributed by atoms with Crippen molar-refractivity contribution in [3.05, 3.63) is 47.0 Å². The van der Waals surface area contributed by atoms with Gasteiger partial charge in [-0.25, -0.2) is 4.98 Å². The highest BCUT2D eigenvalue weighted by molar-refractivity contribution is 7.80. The molecule has 0 saturated carbocycles. The summed E-state index contributed by atoms with van der Waals surface area (Å²) >= 11 is 5.13. The third-order valence-corrected chi connectivity index (χ3v) is 3.78. The summed E-state index contributed by atoms with van der Waals surface area (Å²) in [5.74, 6) is 1.75. The Kier molecular flexibility index (Phi) is 3.69. The molecule has 0 aliphatic heterocycles. The maximum Gasteiger partial charge on any atom is 0.136 e. The number of anilines is 1. The van der Waals surface area contributed by atoms with Crippen LogP contribution in [0.1, 0.15) is 29.0 Å². The maximum absolute atomic E-state index is 5.81. The largest absolute Gasteiger partial charge is 0.469 e. The number of pyridine rings is 1. The van der Waals surface area contributed by atoms with Crippen LogP contribution >= 0.6 is 12.2 Å². The highest BCUT2D eigenvalue weighted by Crippen LogP contribution is 2.25. The van der Waals surface area contributed by atoms with E-state index in [-0.39, 0.29) is 0 Å². The fraction of sp³-hybridized carbons (Fsp3) is 0.333. The van der Waals surface area contributed by atoms with Gasteiger partial charge in [-0.3, -0.25) is 0 Å². The predicted molar refractivity (Wildman–Crippen MR) is 83.1 cm³/mol. The minimum absolute atomic E-state index is 0.396. The van der Waals surface area contributed by atoms with Gasteiger partial charge in [-0.15, -0.1) is 0 Å². The van der Waals surface area contributed by atoms with Gasteiger partial charge in [0.2, 0.25) is 0 Å². The Bertz CT molecular complexity index is 622. The molecule has 4 nitrogen and oxygen atoms in total. The van der Waals surface area contributed by atoms with Crippen LogP contribution in [0.25, 0.3) is 0 Å². The molecule has 0 bridgehead atoms. The molecule has 0 radical (unpaired) electrons. The average Bonchev–Trinajstić information content (AvgIpc) is 3.07. The first-order chi connectivity index (χ1) is 9.74. The molecule has 0 spiro atoms. The number of fused-ring (bicyclic) bond motifs is 1. The van der Waals surface area contributed by atoms with Crippen LogP contribution in [0, 0.1) is 0 Å². The van der Waals surface area contributed by atoms with E-state index in [4.69, 9.17) is 22.4 Å². The normalized spacial score (nSPS) is 13.2. The molecule has 2 aromatic heterocycles. The maximum atomic E-state index is 5.81. The number of thiocarbonyl (C=S) groups is 1. The minimum atomic E-state index is 0.396. The summed E-state index contributed by atoms with van der Waals surface area (Å²) in [6, 6.07) is 5.95. The van der Waals surface area contributed by atoms with Crippen molar-refractivity contribution >= 4 is 23.0 Å². The number of furan rings is 1. The van der Waals surface area contributed by atoms with Crippen molar-refractivity contribution in [2.24, 2.45) is 5.73 Å². The number of nitrogens with one attached hydrogen (secondary N) is 1. The molecule has 2 aromatic rings. The molecule has 1 aliphatic carbocycles. The van der Waals surface area contributed by atoms with E-state index in [1.807, 2.05) is 12.1 Å². The van der Waals surface area contributed by atoms with Crippen LogP contribution in [0.2, 0.25) is 0 Å². The fourth-order valence-electron chi connectivity index (χ4n) is 2.55. The van der Waals surface area contributed by atoms with Gasteiger partial charge in [-0.2, -0.15) is 0 Å². The molecule has 3 N–H and O–H groups in total. The zero-order valence-electron chi connectivity index (χ0n) is 11.2. The number of hydrogen-bond acceptors (Lipinski definition) is 4. The second-order valence-corrected chi connectivity index (χ2v) is 5.40. The summed E-state index contributed by atoms with van der Waals surface area (Å²) in [6.45, 7) is 0.745. The molecule has 5 heteroatoms. The van der Waals surface area contributed by atoms with Gasteiger partial charge in [0.1, 0.15) is 16.6 Å². The summed E-state index contributed by atoms with van der Waals surface area (Å²) in [7, 11) is 0. The number of hydrogen-bond donors (Lipinski definition) is 2. The molecule has 104 valence electrons. The van der Waals surface area contributed by atoms with E-state index in [0.717, 1.165) is 49.4 Å². The zero-order chi connectivity index (χ0) is 13.9. The van der Waals surface area contributed by atoms with Crippen LogP contribution in [0.15, 0.2) is 28.9 Å². The molecule has 2 heterocycles. The fourth-order valence-corrected chi connectivity index (χ4v) is 2.71. The molecule has 1 aliphatic rings. The smallest absolute Gasteiger partial charge is 0.136 e. The molecular weight excluding hydrogens is 270 g/mol. The first kappa shape index (κ1) is 13.1. The van der Waals surface area contributed by atoms with Gasteiger partial charge in [-0.1, -0.05) is 12.2 Å². The van der Waals surface area contributed by atoms with E-state index < -0.39 is 0 Å². The van der Waals surface area contributed by atoms with E-state index >= 15 is 0 Å². The highest BCUT2D eigenvalue weighted by Gasteiger charge is 2.17. The lowest BCUT2D eigenvalue weighted by atomic mass is 10.1. The highest BCUT2D eigenvalue weighted by atomic mass is 32.1. The topological polar surface area (TPSA) is 64.1 Å². The summed E-state index contributed by atoms with van der Waals surface area (Å²) in [6.07, 6.45) is 5.77. The quantitative estimate of drug-likeness (QED) is 0.827. The van der Waals surface area contributed by atoms with Crippen molar-refractivity contribution in [3.8, 4) is 0 Å². The van der Waals surface area contributed by atoms with Gasteiger partial charge in [0.15, 0.2) is 0 Å². The Labute approximate surface area is 123 Å². The van der Waals surface area contributed by atoms with Gasteiger partial charge in [-0.05, 0) is 43.0 Å².